The zero-order valence-electron chi connectivity index (χ0n) is 11.7. The lowest BCUT2D eigenvalue weighted by Crippen LogP contribution is -2.45. The van der Waals surface area contributed by atoms with Gasteiger partial charge in [-0.2, -0.15) is 0 Å². The number of likely N-dealkylation sites (tertiary alicyclic amines) is 1. The van der Waals surface area contributed by atoms with Gasteiger partial charge in [-0.25, -0.2) is 0 Å². The van der Waals surface area contributed by atoms with E-state index in [2.05, 4.69) is 31.0 Å². The molecule has 1 saturated heterocycles. The summed E-state index contributed by atoms with van der Waals surface area (Å²) in [6.07, 6.45) is 4.44. The number of carbonyl (C=O) groups is 1. The number of carboxylic acid groups (broad SMARTS) is 1. The summed E-state index contributed by atoms with van der Waals surface area (Å²) in [5, 5.41) is 12.6. The number of hydrogen-bond acceptors (Lipinski definition) is 3. The third-order valence-corrected chi connectivity index (χ3v) is 4.08. The average Bonchev–Trinajstić information content (AvgIpc) is 3.02. The second kappa shape index (κ2) is 5.57. The van der Waals surface area contributed by atoms with Crippen molar-refractivity contribution in [3.8, 4) is 0 Å². The van der Waals surface area contributed by atoms with Crippen LogP contribution in [0.15, 0.2) is 0 Å². The average molecular weight is 254 g/mol. The number of hydrogen-bond donors (Lipinski definition) is 2. The monoisotopic (exact) mass is 254 g/mol. The predicted molar refractivity (Wildman–Crippen MR) is 71.6 cm³/mol. The zero-order valence-corrected chi connectivity index (χ0v) is 11.7. The van der Waals surface area contributed by atoms with Gasteiger partial charge in [-0.1, -0.05) is 13.8 Å². The first-order chi connectivity index (χ1) is 8.47. The summed E-state index contributed by atoms with van der Waals surface area (Å²) in [5.41, 5.74) is 0. The minimum Gasteiger partial charge on any atom is -0.480 e. The minimum atomic E-state index is -0.707. The van der Waals surface area contributed by atoms with Crippen molar-refractivity contribution in [1.82, 2.24) is 10.2 Å². The second-order valence-corrected chi connectivity index (χ2v) is 6.40. The van der Waals surface area contributed by atoms with Crippen molar-refractivity contribution in [3.63, 3.8) is 0 Å². The van der Waals surface area contributed by atoms with Gasteiger partial charge >= 0.3 is 5.97 Å². The highest BCUT2D eigenvalue weighted by Crippen LogP contribution is 2.33. The van der Waals surface area contributed by atoms with Crippen molar-refractivity contribution in [3.05, 3.63) is 0 Å². The lowest BCUT2D eigenvalue weighted by Gasteiger charge is -2.22. The van der Waals surface area contributed by atoms with Gasteiger partial charge in [0.25, 0.3) is 0 Å². The molecule has 2 aliphatic rings. The van der Waals surface area contributed by atoms with Crippen molar-refractivity contribution >= 4 is 5.97 Å². The van der Waals surface area contributed by atoms with E-state index >= 15 is 0 Å². The molecule has 0 aromatic carbocycles. The maximum Gasteiger partial charge on any atom is 0.320 e. The standard InChI is InChI=1S/C14H26N2O2/c1-9(2)6-13(14(17)18)15-11-7-10(3)16(8-11)12-4-5-12/h9-13,15H,4-8H2,1-3H3,(H,17,18). The summed E-state index contributed by atoms with van der Waals surface area (Å²) in [6, 6.07) is 1.34. The molecule has 1 saturated carbocycles. The number of nitrogens with zero attached hydrogens (tertiary/aromatic N) is 1. The fourth-order valence-electron chi connectivity index (χ4n) is 3.09. The quantitative estimate of drug-likeness (QED) is 0.757. The first kappa shape index (κ1) is 13.8. The van der Waals surface area contributed by atoms with Gasteiger partial charge in [-0.3, -0.25) is 9.69 Å². The van der Waals surface area contributed by atoms with Crippen LogP contribution in [0.5, 0.6) is 0 Å². The van der Waals surface area contributed by atoms with Gasteiger partial charge in [0, 0.05) is 24.7 Å². The first-order valence-corrected chi connectivity index (χ1v) is 7.22. The van der Waals surface area contributed by atoms with Crippen LogP contribution in [0.2, 0.25) is 0 Å². The fraction of sp³-hybridized carbons (Fsp3) is 0.929. The van der Waals surface area contributed by atoms with E-state index in [0.717, 1.165) is 19.0 Å². The van der Waals surface area contributed by atoms with Crippen LogP contribution in [0.1, 0.15) is 46.5 Å². The highest BCUT2D eigenvalue weighted by atomic mass is 16.4. The molecule has 0 radical (unpaired) electrons. The van der Waals surface area contributed by atoms with Crippen molar-refractivity contribution < 1.29 is 9.90 Å². The van der Waals surface area contributed by atoms with Gasteiger partial charge in [0.1, 0.15) is 6.04 Å². The molecule has 4 nitrogen and oxygen atoms in total. The molecule has 104 valence electrons. The Balaban J connectivity index is 1.86. The van der Waals surface area contributed by atoms with Crippen molar-refractivity contribution in [2.45, 2.75) is 70.6 Å². The number of nitrogens with one attached hydrogen (secondary N) is 1. The maximum atomic E-state index is 11.3. The Hall–Kier alpha value is -0.610. The topological polar surface area (TPSA) is 52.6 Å². The smallest absolute Gasteiger partial charge is 0.320 e. The molecule has 0 amide bonds. The Labute approximate surface area is 110 Å². The summed E-state index contributed by atoms with van der Waals surface area (Å²) < 4.78 is 0. The Morgan fingerprint density at radius 1 is 1.44 bits per heavy atom. The maximum absolute atomic E-state index is 11.3. The van der Waals surface area contributed by atoms with Crippen LogP contribution in [0.4, 0.5) is 0 Å². The molecule has 0 bridgehead atoms. The van der Waals surface area contributed by atoms with Gasteiger partial charge < -0.3 is 10.4 Å². The van der Waals surface area contributed by atoms with E-state index in [0.29, 0.717) is 24.4 Å². The molecular formula is C14H26N2O2. The Kier molecular flexibility index (Phi) is 4.28. The van der Waals surface area contributed by atoms with Gasteiger partial charge in [0.2, 0.25) is 0 Å². The Morgan fingerprint density at radius 2 is 2.11 bits per heavy atom. The van der Waals surface area contributed by atoms with E-state index in [1.54, 1.807) is 0 Å². The van der Waals surface area contributed by atoms with Crippen LogP contribution in [0, 0.1) is 5.92 Å². The molecule has 18 heavy (non-hydrogen) atoms. The minimum absolute atomic E-state index is 0.348. The van der Waals surface area contributed by atoms with Gasteiger partial charge in [0.05, 0.1) is 0 Å². The van der Waals surface area contributed by atoms with Gasteiger partial charge in [0.15, 0.2) is 0 Å². The van der Waals surface area contributed by atoms with E-state index in [-0.39, 0.29) is 6.04 Å². The molecule has 4 heteroatoms. The molecule has 0 aromatic heterocycles. The molecule has 3 atom stereocenters. The van der Waals surface area contributed by atoms with E-state index in [9.17, 15) is 9.90 Å². The van der Waals surface area contributed by atoms with Gasteiger partial charge in [-0.05, 0) is 38.5 Å². The predicted octanol–water partition coefficient (Wildman–Crippen LogP) is 1.70. The largest absolute Gasteiger partial charge is 0.480 e. The van der Waals surface area contributed by atoms with Crippen LogP contribution in [0.25, 0.3) is 0 Å². The summed E-state index contributed by atoms with van der Waals surface area (Å²) in [6.45, 7) is 7.43. The van der Waals surface area contributed by atoms with E-state index in [1.165, 1.54) is 12.8 Å². The molecule has 1 aliphatic carbocycles. The molecule has 1 heterocycles. The van der Waals surface area contributed by atoms with Crippen molar-refractivity contribution in [2.24, 2.45) is 5.92 Å². The van der Waals surface area contributed by atoms with Crippen LogP contribution in [-0.4, -0.2) is 46.7 Å². The second-order valence-electron chi connectivity index (χ2n) is 6.40. The molecule has 0 aromatic rings. The lowest BCUT2D eigenvalue weighted by molar-refractivity contribution is -0.140. The number of rotatable bonds is 6. The highest BCUT2D eigenvalue weighted by Gasteiger charge is 2.39. The molecule has 0 spiro atoms. The summed E-state index contributed by atoms with van der Waals surface area (Å²) in [7, 11) is 0. The zero-order chi connectivity index (χ0) is 13.3. The summed E-state index contributed by atoms with van der Waals surface area (Å²) >= 11 is 0. The Bertz CT molecular complexity index is 302. The van der Waals surface area contributed by atoms with Crippen molar-refractivity contribution in [2.75, 3.05) is 6.54 Å². The van der Waals surface area contributed by atoms with Gasteiger partial charge in [-0.15, -0.1) is 0 Å². The van der Waals surface area contributed by atoms with Crippen molar-refractivity contribution in [1.29, 1.82) is 0 Å². The molecule has 3 unspecified atom stereocenters. The third kappa shape index (κ3) is 3.45. The molecule has 2 rings (SSSR count). The van der Waals surface area contributed by atoms with Crippen LogP contribution in [-0.2, 0) is 4.79 Å². The fourth-order valence-corrected chi connectivity index (χ4v) is 3.09. The summed E-state index contributed by atoms with van der Waals surface area (Å²) in [5.74, 6) is -0.293. The third-order valence-electron chi connectivity index (χ3n) is 4.08. The van der Waals surface area contributed by atoms with E-state index in [4.69, 9.17) is 0 Å². The number of aliphatic carboxylic acids is 1. The Morgan fingerprint density at radius 3 is 2.61 bits per heavy atom. The van der Waals surface area contributed by atoms with E-state index in [1.807, 2.05) is 0 Å². The first-order valence-electron chi connectivity index (χ1n) is 7.22. The molecule has 1 aliphatic heterocycles. The van der Waals surface area contributed by atoms with Crippen LogP contribution in [0.3, 0.4) is 0 Å². The lowest BCUT2D eigenvalue weighted by atomic mass is 10.0. The molecule has 2 N–H and O–H groups in total. The summed E-state index contributed by atoms with van der Waals surface area (Å²) in [4.78, 5) is 13.8. The number of carboxylic acids is 1. The van der Waals surface area contributed by atoms with Crippen LogP contribution >= 0.6 is 0 Å². The molecular weight excluding hydrogens is 228 g/mol. The highest BCUT2D eigenvalue weighted by molar-refractivity contribution is 5.73. The van der Waals surface area contributed by atoms with E-state index < -0.39 is 5.97 Å². The molecule has 2 fully saturated rings. The van der Waals surface area contributed by atoms with Crippen LogP contribution < -0.4 is 5.32 Å². The SMILES string of the molecule is CC(C)CC(NC1CC(C)N(C2CC2)C1)C(=O)O. The normalized spacial score (nSPS) is 30.9.